The number of hydrogen-bond donors (Lipinski definition) is 1. The molecular weight excluding hydrogens is 303 g/mol. The van der Waals surface area contributed by atoms with E-state index >= 15 is 0 Å². The van der Waals surface area contributed by atoms with Crippen LogP contribution in [-0.4, -0.2) is 21.3 Å². The lowest BCUT2D eigenvalue weighted by atomic mass is 10.2. The minimum atomic E-state index is -0.396. The van der Waals surface area contributed by atoms with Crippen molar-refractivity contribution in [2.24, 2.45) is 0 Å². The smallest absolute Gasteiger partial charge is 0.122 e. The monoisotopic (exact) mass is 338 g/mol. The molecule has 1 aromatic heterocycles. The number of imidazole rings is 1. The van der Waals surface area contributed by atoms with Crippen LogP contribution < -0.4 is 0 Å². The summed E-state index contributed by atoms with van der Waals surface area (Å²) in [5, 5.41) is 8.93. The van der Waals surface area contributed by atoms with E-state index in [0.717, 1.165) is 17.3 Å². The number of rotatable bonds is 7. The van der Waals surface area contributed by atoms with Crippen LogP contribution in [-0.2, 0) is 13.0 Å². The zero-order valence-corrected chi connectivity index (χ0v) is 16.2. The highest BCUT2D eigenvalue weighted by atomic mass is 19.1. The zero-order chi connectivity index (χ0) is 19.4. The molecule has 0 aromatic carbocycles. The molecule has 0 atom stereocenters. The maximum atomic E-state index is 13.2. The fraction of sp³-hybridized carbons (Fsp3) is 0.450. The summed E-state index contributed by atoms with van der Waals surface area (Å²) in [5.41, 5.74) is 1.65. The Labute approximate surface area is 147 Å². The molecule has 0 saturated heterocycles. The molecule has 0 radical (unpaired) electrons. The molecule has 1 heterocycles. The quantitative estimate of drug-likeness (QED) is 0.653. The van der Waals surface area contributed by atoms with Crippen molar-refractivity contribution in [3.63, 3.8) is 0 Å². The highest BCUT2D eigenvalue weighted by Crippen LogP contribution is 2.11. The Morgan fingerprint density at radius 1 is 1.21 bits per heavy atom. The number of halogens is 1. The summed E-state index contributed by atoms with van der Waals surface area (Å²) in [6.45, 7) is 19.5. The van der Waals surface area contributed by atoms with E-state index in [2.05, 4.69) is 18.1 Å². The Morgan fingerprint density at radius 3 is 2.25 bits per heavy atom. The lowest BCUT2D eigenvalue weighted by Gasteiger charge is -2.08. The Bertz CT molecular complexity index is 474. The maximum absolute atomic E-state index is 13.2. The standard InChI is InChI=1S/C14H17FN2O.3C2H6/c1-3-5-12(8-13(15)4-2)10-17-11-16-9-14(17)6-7-18;3*1-2/h3-5,8-9,11,18H,1-2,6-7,10H2;3*1-2H3/b12-5+,13-8+;;;. The Morgan fingerprint density at radius 2 is 1.79 bits per heavy atom. The Kier molecular flexibility index (Phi) is 23.6. The molecule has 138 valence electrons. The van der Waals surface area contributed by atoms with Crippen molar-refractivity contribution in [3.8, 4) is 0 Å². The van der Waals surface area contributed by atoms with Gasteiger partial charge in [0.05, 0.1) is 6.33 Å². The van der Waals surface area contributed by atoms with Crippen LogP contribution in [0, 0.1) is 0 Å². The van der Waals surface area contributed by atoms with Crippen molar-refractivity contribution < 1.29 is 9.50 Å². The van der Waals surface area contributed by atoms with E-state index in [0.29, 0.717) is 13.0 Å². The molecule has 24 heavy (non-hydrogen) atoms. The summed E-state index contributed by atoms with van der Waals surface area (Å²) >= 11 is 0. The van der Waals surface area contributed by atoms with Gasteiger partial charge in [0.1, 0.15) is 5.83 Å². The van der Waals surface area contributed by atoms with E-state index in [1.165, 1.54) is 6.08 Å². The topological polar surface area (TPSA) is 38.0 Å². The largest absolute Gasteiger partial charge is 0.396 e. The van der Waals surface area contributed by atoms with Gasteiger partial charge in [0.15, 0.2) is 0 Å². The fourth-order valence-corrected chi connectivity index (χ4v) is 1.54. The third kappa shape index (κ3) is 12.6. The van der Waals surface area contributed by atoms with Crippen LogP contribution in [0.3, 0.4) is 0 Å². The number of allylic oxidation sites excluding steroid dienone is 6. The first-order valence-corrected chi connectivity index (χ1v) is 8.62. The lowest BCUT2D eigenvalue weighted by molar-refractivity contribution is 0.296. The molecule has 0 spiro atoms. The molecule has 0 aliphatic heterocycles. The summed E-state index contributed by atoms with van der Waals surface area (Å²) in [5.74, 6) is -0.396. The first kappa shape index (κ1) is 26.9. The van der Waals surface area contributed by atoms with E-state index < -0.39 is 5.83 Å². The van der Waals surface area contributed by atoms with Gasteiger partial charge in [-0.1, -0.05) is 66.9 Å². The summed E-state index contributed by atoms with van der Waals surface area (Å²) in [6, 6.07) is 0. The molecule has 1 N–H and O–H groups in total. The first-order chi connectivity index (χ1) is 11.7. The van der Waals surface area contributed by atoms with Crippen LogP contribution in [0.25, 0.3) is 0 Å². The van der Waals surface area contributed by atoms with E-state index in [9.17, 15) is 4.39 Å². The van der Waals surface area contributed by atoms with Crippen LogP contribution in [0.1, 0.15) is 47.2 Å². The second kappa shape index (κ2) is 21.1. The van der Waals surface area contributed by atoms with Gasteiger partial charge in [0, 0.05) is 31.5 Å². The van der Waals surface area contributed by atoms with Crippen LogP contribution in [0.5, 0.6) is 0 Å². The highest BCUT2D eigenvalue weighted by molar-refractivity contribution is 5.28. The number of aliphatic hydroxyl groups is 1. The molecule has 0 bridgehead atoms. The summed E-state index contributed by atoms with van der Waals surface area (Å²) < 4.78 is 15.0. The van der Waals surface area contributed by atoms with Gasteiger partial charge >= 0.3 is 0 Å². The molecule has 0 aliphatic carbocycles. The van der Waals surface area contributed by atoms with Crippen molar-refractivity contribution in [3.05, 3.63) is 67.1 Å². The highest BCUT2D eigenvalue weighted by Gasteiger charge is 2.03. The van der Waals surface area contributed by atoms with Crippen LogP contribution in [0.4, 0.5) is 4.39 Å². The van der Waals surface area contributed by atoms with Crippen molar-refractivity contribution in [1.29, 1.82) is 0 Å². The molecule has 1 rings (SSSR count). The zero-order valence-electron chi connectivity index (χ0n) is 16.2. The Hall–Kier alpha value is -1.94. The van der Waals surface area contributed by atoms with Crippen molar-refractivity contribution in [2.45, 2.75) is 54.5 Å². The minimum absolute atomic E-state index is 0.0586. The number of aromatic nitrogens is 2. The molecule has 0 aliphatic rings. The van der Waals surface area contributed by atoms with E-state index in [1.54, 1.807) is 24.7 Å². The van der Waals surface area contributed by atoms with Crippen molar-refractivity contribution in [1.82, 2.24) is 9.55 Å². The number of aliphatic hydroxyl groups excluding tert-OH is 1. The van der Waals surface area contributed by atoms with Gasteiger partial charge in [-0.05, 0) is 17.7 Å². The maximum Gasteiger partial charge on any atom is 0.122 e. The molecule has 0 saturated carbocycles. The molecule has 1 aromatic rings. The second-order valence-corrected chi connectivity index (χ2v) is 3.70. The van der Waals surface area contributed by atoms with E-state index in [4.69, 9.17) is 5.11 Å². The van der Waals surface area contributed by atoms with Crippen LogP contribution in [0.15, 0.2) is 61.4 Å². The SMILES string of the molecule is C=C/C=C(\C=C(\F)C=C)Cn1cncc1CCO.CC.CC.CC. The summed E-state index contributed by atoms with van der Waals surface area (Å²) in [4.78, 5) is 4.02. The predicted octanol–water partition coefficient (Wildman–Crippen LogP) is 5.65. The van der Waals surface area contributed by atoms with Gasteiger partial charge in [-0.3, -0.25) is 0 Å². The normalized spacial score (nSPS) is 10.2. The first-order valence-electron chi connectivity index (χ1n) is 8.62. The fourth-order valence-electron chi connectivity index (χ4n) is 1.54. The minimum Gasteiger partial charge on any atom is -0.396 e. The van der Waals surface area contributed by atoms with Gasteiger partial charge < -0.3 is 9.67 Å². The van der Waals surface area contributed by atoms with Crippen molar-refractivity contribution >= 4 is 0 Å². The third-order valence-electron chi connectivity index (χ3n) is 2.37. The molecule has 0 unspecified atom stereocenters. The predicted molar refractivity (Wildman–Crippen MR) is 105 cm³/mol. The van der Waals surface area contributed by atoms with Gasteiger partial charge in [0.25, 0.3) is 0 Å². The molecular formula is C20H35FN2O. The van der Waals surface area contributed by atoms with Crippen LogP contribution in [0.2, 0.25) is 0 Å². The van der Waals surface area contributed by atoms with E-state index in [1.807, 2.05) is 46.1 Å². The average Bonchev–Trinajstić information content (AvgIpc) is 3.07. The Balaban J connectivity index is -0.000000659. The van der Waals surface area contributed by atoms with Crippen molar-refractivity contribution in [2.75, 3.05) is 6.61 Å². The second-order valence-electron chi connectivity index (χ2n) is 3.70. The number of hydrogen-bond acceptors (Lipinski definition) is 2. The molecule has 3 nitrogen and oxygen atoms in total. The van der Waals surface area contributed by atoms with Gasteiger partial charge in [-0.2, -0.15) is 0 Å². The molecule has 0 fully saturated rings. The number of nitrogens with zero attached hydrogens (tertiary/aromatic N) is 2. The molecule has 4 heteroatoms. The van der Waals surface area contributed by atoms with Crippen LogP contribution >= 0.6 is 0 Å². The van der Waals surface area contributed by atoms with Gasteiger partial charge in [-0.25, -0.2) is 9.37 Å². The molecule has 0 amide bonds. The van der Waals surface area contributed by atoms with E-state index in [-0.39, 0.29) is 6.61 Å². The average molecular weight is 339 g/mol. The summed E-state index contributed by atoms with van der Waals surface area (Å²) in [6.07, 6.45) is 9.75. The third-order valence-corrected chi connectivity index (χ3v) is 2.37. The van der Waals surface area contributed by atoms with Gasteiger partial charge in [-0.15, -0.1) is 0 Å². The summed E-state index contributed by atoms with van der Waals surface area (Å²) in [7, 11) is 0. The lowest BCUT2D eigenvalue weighted by Crippen LogP contribution is -2.05. The van der Waals surface area contributed by atoms with Gasteiger partial charge in [0.2, 0.25) is 0 Å².